The minimum Gasteiger partial charge on any atom is -0.493 e. The van der Waals surface area contributed by atoms with Crippen LogP contribution in [-0.2, 0) is 4.74 Å². The summed E-state index contributed by atoms with van der Waals surface area (Å²) in [6.07, 6.45) is 8.57. The molecule has 1 heterocycles. The van der Waals surface area contributed by atoms with Gasteiger partial charge in [-0.05, 0) is 25.1 Å². The molecule has 6 heteroatoms. The SMILES string of the molecule is C=C/C=C\C(=C/C)Oc1ncnc2cc(OCCOC)c(OC)cc12. The summed E-state index contributed by atoms with van der Waals surface area (Å²) in [7, 11) is 3.20. The van der Waals surface area contributed by atoms with Crippen molar-refractivity contribution >= 4 is 10.9 Å². The lowest BCUT2D eigenvalue weighted by molar-refractivity contribution is 0.144. The van der Waals surface area contributed by atoms with Crippen LogP contribution in [-0.4, -0.2) is 37.4 Å². The second kappa shape index (κ2) is 9.44. The average molecular weight is 342 g/mol. The molecule has 6 nitrogen and oxygen atoms in total. The molecular formula is C19H22N2O4. The summed E-state index contributed by atoms with van der Waals surface area (Å²) in [5.41, 5.74) is 0.696. The van der Waals surface area contributed by atoms with Crippen molar-refractivity contribution in [3.05, 3.63) is 55.1 Å². The summed E-state index contributed by atoms with van der Waals surface area (Å²) in [5, 5.41) is 0.727. The van der Waals surface area contributed by atoms with E-state index < -0.39 is 0 Å². The minimum atomic E-state index is 0.419. The highest BCUT2D eigenvalue weighted by Gasteiger charge is 2.13. The maximum Gasteiger partial charge on any atom is 0.230 e. The fourth-order valence-electron chi connectivity index (χ4n) is 2.09. The highest BCUT2D eigenvalue weighted by molar-refractivity contribution is 5.86. The molecule has 0 spiro atoms. The van der Waals surface area contributed by atoms with E-state index in [1.807, 2.05) is 13.0 Å². The smallest absolute Gasteiger partial charge is 0.230 e. The Kier molecular flexibility index (Phi) is 6.98. The molecule has 1 aromatic carbocycles. The van der Waals surface area contributed by atoms with Crippen LogP contribution in [0.3, 0.4) is 0 Å². The lowest BCUT2D eigenvalue weighted by Gasteiger charge is -2.13. The van der Waals surface area contributed by atoms with Gasteiger partial charge in [-0.3, -0.25) is 0 Å². The molecule has 0 saturated carbocycles. The quantitative estimate of drug-likeness (QED) is 0.393. The Bertz CT molecular complexity index is 784. The van der Waals surface area contributed by atoms with Crippen LogP contribution in [0.5, 0.6) is 17.4 Å². The van der Waals surface area contributed by atoms with Gasteiger partial charge in [0, 0.05) is 13.2 Å². The van der Waals surface area contributed by atoms with E-state index in [4.69, 9.17) is 18.9 Å². The molecule has 0 aliphatic carbocycles. The molecule has 0 saturated heterocycles. The first-order valence-corrected chi connectivity index (χ1v) is 7.81. The normalized spacial score (nSPS) is 11.7. The van der Waals surface area contributed by atoms with Gasteiger partial charge in [-0.15, -0.1) is 0 Å². The van der Waals surface area contributed by atoms with Gasteiger partial charge in [0.2, 0.25) is 5.88 Å². The number of benzene rings is 1. The number of hydrogen-bond acceptors (Lipinski definition) is 6. The van der Waals surface area contributed by atoms with Gasteiger partial charge in [0.15, 0.2) is 11.5 Å². The third kappa shape index (κ3) is 4.81. The maximum atomic E-state index is 5.88. The van der Waals surface area contributed by atoms with Gasteiger partial charge in [-0.25, -0.2) is 9.97 Å². The van der Waals surface area contributed by atoms with E-state index in [2.05, 4.69) is 16.5 Å². The molecule has 0 aliphatic rings. The van der Waals surface area contributed by atoms with Crippen molar-refractivity contribution < 1.29 is 18.9 Å². The molecule has 2 rings (SSSR count). The molecule has 132 valence electrons. The van der Waals surface area contributed by atoms with Gasteiger partial charge < -0.3 is 18.9 Å². The molecule has 0 radical (unpaired) electrons. The van der Waals surface area contributed by atoms with Crippen molar-refractivity contribution in [3.63, 3.8) is 0 Å². The predicted molar refractivity (Wildman–Crippen MR) is 97.2 cm³/mol. The molecule has 0 aliphatic heterocycles. The van der Waals surface area contributed by atoms with Crippen LogP contribution >= 0.6 is 0 Å². The first-order chi connectivity index (χ1) is 12.2. The van der Waals surface area contributed by atoms with Crippen LogP contribution in [0, 0.1) is 0 Å². The fraction of sp³-hybridized carbons (Fsp3) is 0.263. The van der Waals surface area contributed by atoms with Gasteiger partial charge in [-0.2, -0.15) is 0 Å². The lowest BCUT2D eigenvalue weighted by atomic mass is 10.2. The number of nitrogens with zero attached hydrogens (tertiary/aromatic N) is 2. The minimum absolute atomic E-state index is 0.419. The van der Waals surface area contributed by atoms with E-state index >= 15 is 0 Å². The van der Waals surface area contributed by atoms with Gasteiger partial charge in [0.05, 0.1) is 24.6 Å². The Morgan fingerprint density at radius 3 is 2.68 bits per heavy atom. The highest BCUT2D eigenvalue weighted by atomic mass is 16.5. The molecule has 1 aromatic heterocycles. The maximum absolute atomic E-state index is 5.88. The largest absolute Gasteiger partial charge is 0.493 e. The van der Waals surface area contributed by atoms with E-state index in [0.717, 1.165) is 5.39 Å². The summed E-state index contributed by atoms with van der Waals surface area (Å²) < 4.78 is 22.0. The van der Waals surface area contributed by atoms with E-state index in [0.29, 0.717) is 41.9 Å². The van der Waals surface area contributed by atoms with Crippen LogP contribution in [0.15, 0.2) is 55.1 Å². The zero-order valence-electron chi connectivity index (χ0n) is 14.7. The first-order valence-electron chi connectivity index (χ1n) is 7.81. The van der Waals surface area contributed by atoms with Gasteiger partial charge in [0.1, 0.15) is 18.7 Å². The number of allylic oxidation sites excluding steroid dienone is 4. The third-order valence-corrected chi connectivity index (χ3v) is 3.32. The Morgan fingerprint density at radius 2 is 2.00 bits per heavy atom. The Balaban J connectivity index is 2.39. The molecule has 2 aromatic rings. The fourth-order valence-corrected chi connectivity index (χ4v) is 2.09. The zero-order chi connectivity index (χ0) is 18.1. The monoisotopic (exact) mass is 342 g/mol. The van der Waals surface area contributed by atoms with Crippen LogP contribution in [0.25, 0.3) is 10.9 Å². The topological polar surface area (TPSA) is 62.7 Å². The van der Waals surface area contributed by atoms with Gasteiger partial charge >= 0.3 is 0 Å². The molecule has 25 heavy (non-hydrogen) atoms. The Labute approximate surface area is 147 Å². The molecule has 0 amide bonds. The summed E-state index contributed by atoms with van der Waals surface area (Å²) in [6.45, 7) is 6.44. The van der Waals surface area contributed by atoms with E-state index in [1.54, 1.807) is 44.6 Å². The van der Waals surface area contributed by atoms with Crippen molar-refractivity contribution in [1.29, 1.82) is 0 Å². The molecular weight excluding hydrogens is 320 g/mol. The van der Waals surface area contributed by atoms with Gasteiger partial charge in [-0.1, -0.05) is 18.7 Å². The number of aromatic nitrogens is 2. The van der Waals surface area contributed by atoms with Crippen LogP contribution < -0.4 is 14.2 Å². The summed E-state index contributed by atoms with van der Waals surface area (Å²) in [5.74, 6) is 2.26. The van der Waals surface area contributed by atoms with Crippen molar-refractivity contribution in [2.75, 3.05) is 27.4 Å². The Hall–Kier alpha value is -2.86. The second-order valence-electron chi connectivity index (χ2n) is 4.93. The number of methoxy groups -OCH3 is 2. The van der Waals surface area contributed by atoms with E-state index in [1.165, 1.54) is 6.33 Å². The molecule has 0 fully saturated rings. The third-order valence-electron chi connectivity index (χ3n) is 3.32. The van der Waals surface area contributed by atoms with Crippen LogP contribution in [0.2, 0.25) is 0 Å². The van der Waals surface area contributed by atoms with Crippen molar-refractivity contribution in [2.45, 2.75) is 6.92 Å². The lowest BCUT2D eigenvalue weighted by Crippen LogP contribution is -2.05. The van der Waals surface area contributed by atoms with Crippen LogP contribution in [0.1, 0.15) is 6.92 Å². The van der Waals surface area contributed by atoms with E-state index in [-0.39, 0.29) is 0 Å². The molecule has 0 unspecified atom stereocenters. The zero-order valence-corrected chi connectivity index (χ0v) is 14.7. The number of fused-ring (bicyclic) bond motifs is 1. The first kappa shape index (κ1) is 18.5. The van der Waals surface area contributed by atoms with Crippen molar-refractivity contribution in [2.24, 2.45) is 0 Å². The second-order valence-corrected chi connectivity index (χ2v) is 4.93. The highest BCUT2D eigenvalue weighted by Crippen LogP contribution is 2.35. The van der Waals surface area contributed by atoms with Crippen LogP contribution in [0.4, 0.5) is 0 Å². The molecule has 0 N–H and O–H groups in total. The summed E-state index contributed by atoms with van der Waals surface area (Å²) in [6, 6.07) is 3.60. The van der Waals surface area contributed by atoms with Crippen molar-refractivity contribution in [1.82, 2.24) is 9.97 Å². The molecule has 0 atom stereocenters. The van der Waals surface area contributed by atoms with Gasteiger partial charge in [0.25, 0.3) is 0 Å². The number of ether oxygens (including phenoxy) is 4. The standard InChI is InChI=1S/C19H22N2O4/c1-5-7-8-14(6-2)25-19-15-11-17(23-4)18(24-10-9-22-3)12-16(15)20-13-21-19/h5-8,11-13H,1,9-10H2,2-4H3/b8-7-,14-6+. The molecule has 0 bridgehead atoms. The Morgan fingerprint density at radius 1 is 1.16 bits per heavy atom. The number of rotatable bonds is 9. The number of hydrogen-bond donors (Lipinski definition) is 0. The summed E-state index contributed by atoms with van der Waals surface area (Å²) in [4.78, 5) is 8.52. The average Bonchev–Trinajstić information content (AvgIpc) is 2.64. The van der Waals surface area contributed by atoms with Crippen molar-refractivity contribution in [3.8, 4) is 17.4 Å². The van der Waals surface area contributed by atoms with E-state index in [9.17, 15) is 0 Å². The summed E-state index contributed by atoms with van der Waals surface area (Å²) >= 11 is 0. The predicted octanol–water partition coefficient (Wildman–Crippen LogP) is 3.69.